The summed E-state index contributed by atoms with van der Waals surface area (Å²) in [6, 6.07) is 8.10. The van der Waals surface area contributed by atoms with Gasteiger partial charge in [0.25, 0.3) is 0 Å². The standard InChI is InChI=1S/C16H25N3O2/c1-12(17-2)14-5-7-15(8-6-14)18-16(21)19-9-3-4-13(10-19)11-20/h5-8,12-13,17,20H,3-4,9-11H2,1-2H3,(H,18,21). The van der Waals surface area contributed by atoms with Crippen LogP contribution in [-0.4, -0.2) is 42.8 Å². The van der Waals surface area contributed by atoms with E-state index in [9.17, 15) is 9.90 Å². The lowest BCUT2D eigenvalue weighted by Crippen LogP contribution is -2.43. The van der Waals surface area contributed by atoms with Gasteiger partial charge in [0, 0.05) is 31.4 Å². The van der Waals surface area contributed by atoms with Crippen molar-refractivity contribution in [1.29, 1.82) is 0 Å². The Morgan fingerprint density at radius 3 is 2.76 bits per heavy atom. The highest BCUT2D eigenvalue weighted by molar-refractivity contribution is 5.89. The molecule has 0 aromatic heterocycles. The fraction of sp³-hybridized carbons (Fsp3) is 0.562. The maximum Gasteiger partial charge on any atom is 0.321 e. The van der Waals surface area contributed by atoms with E-state index >= 15 is 0 Å². The van der Waals surface area contributed by atoms with Crippen LogP contribution < -0.4 is 10.6 Å². The molecular weight excluding hydrogens is 266 g/mol. The number of likely N-dealkylation sites (tertiary alicyclic amines) is 1. The van der Waals surface area contributed by atoms with Gasteiger partial charge in [-0.25, -0.2) is 4.79 Å². The Labute approximate surface area is 126 Å². The molecule has 1 aromatic rings. The number of hydrogen-bond donors (Lipinski definition) is 3. The molecule has 1 aliphatic heterocycles. The van der Waals surface area contributed by atoms with E-state index in [0.29, 0.717) is 12.6 Å². The molecule has 2 amide bonds. The number of hydrogen-bond acceptors (Lipinski definition) is 3. The van der Waals surface area contributed by atoms with E-state index in [0.717, 1.165) is 25.1 Å². The monoisotopic (exact) mass is 291 g/mol. The normalized spacial score (nSPS) is 20.1. The summed E-state index contributed by atoms with van der Waals surface area (Å²) in [4.78, 5) is 14.0. The van der Waals surface area contributed by atoms with Gasteiger partial charge in [-0.15, -0.1) is 0 Å². The third-order valence-corrected chi connectivity index (χ3v) is 4.16. The number of amides is 2. The molecular formula is C16H25N3O2. The van der Waals surface area contributed by atoms with Crippen LogP contribution in [0.15, 0.2) is 24.3 Å². The summed E-state index contributed by atoms with van der Waals surface area (Å²) in [7, 11) is 1.92. The number of urea groups is 1. The lowest BCUT2D eigenvalue weighted by molar-refractivity contribution is 0.136. The zero-order valence-corrected chi connectivity index (χ0v) is 12.8. The van der Waals surface area contributed by atoms with E-state index in [1.165, 1.54) is 5.56 Å². The predicted octanol–water partition coefficient (Wildman–Crippen LogP) is 2.20. The molecule has 1 fully saturated rings. The third-order valence-electron chi connectivity index (χ3n) is 4.16. The second-order valence-electron chi connectivity index (χ2n) is 5.70. The van der Waals surface area contributed by atoms with Crippen molar-refractivity contribution in [3.8, 4) is 0 Å². The van der Waals surface area contributed by atoms with Gasteiger partial charge in [0.05, 0.1) is 0 Å². The van der Waals surface area contributed by atoms with E-state index in [1.807, 2.05) is 31.3 Å². The molecule has 0 radical (unpaired) electrons. The predicted molar refractivity (Wildman–Crippen MR) is 84.3 cm³/mol. The van der Waals surface area contributed by atoms with Gasteiger partial charge in [-0.05, 0) is 50.4 Å². The fourth-order valence-corrected chi connectivity index (χ4v) is 2.62. The molecule has 0 spiro atoms. The molecule has 2 rings (SSSR count). The first kappa shape index (κ1) is 15.8. The number of nitrogens with zero attached hydrogens (tertiary/aromatic N) is 1. The number of aliphatic hydroxyl groups excluding tert-OH is 1. The van der Waals surface area contributed by atoms with Crippen molar-refractivity contribution in [2.45, 2.75) is 25.8 Å². The maximum absolute atomic E-state index is 12.2. The first-order valence-electron chi connectivity index (χ1n) is 7.58. The van der Waals surface area contributed by atoms with Crippen molar-refractivity contribution in [2.75, 3.05) is 32.1 Å². The molecule has 1 aromatic carbocycles. The van der Waals surface area contributed by atoms with Crippen molar-refractivity contribution in [3.05, 3.63) is 29.8 Å². The smallest absolute Gasteiger partial charge is 0.321 e. The van der Waals surface area contributed by atoms with Crippen LogP contribution in [0, 0.1) is 5.92 Å². The number of carbonyl (C=O) groups excluding carboxylic acids is 1. The molecule has 2 unspecified atom stereocenters. The van der Waals surface area contributed by atoms with Gasteiger partial charge in [-0.2, -0.15) is 0 Å². The quantitative estimate of drug-likeness (QED) is 0.797. The van der Waals surface area contributed by atoms with Crippen LogP contribution in [0.4, 0.5) is 10.5 Å². The van der Waals surface area contributed by atoms with Crippen molar-refractivity contribution in [2.24, 2.45) is 5.92 Å². The number of nitrogens with one attached hydrogen (secondary N) is 2. The van der Waals surface area contributed by atoms with Crippen molar-refractivity contribution >= 4 is 11.7 Å². The number of rotatable bonds is 4. The van der Waals surface area contributed by atoms with Gasteiger partial charge in [-0.1, -0.05) is 12.1 Å². The molecule has 2 atom stereocenters. The number of aliphatic hydroxyl groups is 1. The minimum atomic E-state index is -0.0810. The molecule has 21 heavy (non-hydrogen) atoms. The molecule has 1 aliphatic rings. The van der Waals surface area contributed by atoms with E-state index in [-0.39, 0.29) is 18.6 Å². The molecule has 3 N–H and O–H groups in total. The molecule has 0 aliphatic carbocycles. The molecule has 0 bridgehead atoms. The number of anilines is 1. The van der Waals surface area contributed by atoms with Crippen molar-refractivity contribution < 1.29 is 9.90 Å². The number of benzene rings is 1. The highest BCUT2D eigenvalue weighted by Crippen LogP contribution is 2.19. The molecule has 0 saturated carbocycles. The van der Waals surface area contributed by atoms with Crippen LogP contribution >= 0.6 is 0 Å². The summed E-state index contributed by atoms with van der Waals surface area (Å²) >= 11 is 0. The largest absolute Gasteiger partial charge is 0.396 e. The van der Waals surface area contributed by atoms with E-state index in [2.05, 4.69) is 17.6 Å². The summed E-state index contributed by atoms with van der Waals surface area (Å²) in [6.45, 7) is 3.64. The molecule has 1 saturated heterocycles. The Hall–Kier alpha value is -1.59. The number of piperidine rings is 1. The highest BCUT2D eigenvalue weighted by Gasteiger charge is 2.23. The Bertz CT molecular complexity index is 461. The van der Waals surface area contributed by atoms with Crippen LogP contribution in [0.5, 0.6) is 0 Å². The minimum absolute atomic E-state index is 0.0810. The Morgan fingerprint density at radius 2 is 2.14 bits per heavy atom. The molecule has 5 nitrogen and oxygen atoms in total. The lowest BCUT2D eigenvalue weighted by atomic mass is 9.99. The third kappa shape index (κ3) is 4.19. The molecule has 5 heteroatoms. The van der Waals surface area contributed by atoms with Crippen LogP contribution in [-0.2, 0) is 0 Å². The van der Waals surface area contributed by atoms with Crippen LogP contribution in [0.25, 0.3) is 0 Å². The van der Waals surface area contributed by atoms with Gasteiger partial charge < -0.3 is 20.6 Å². The Morgan fingerprint density at radius 1 is 1.43 bits per heavy atom. The second-order valence-corrected chi connectivity index (χ2v) is 5.70. The summed E-state index contributed by atoms with van der Waals surface area (Å²) in [5, 5.41) is 15.3. The Kier molecular flexibility index (Phi) is 5.59. The first-order chi connectivity index (χ1) is 10.1. The topological polar surface area (TPSA) is 64.6 Å². The SMILES string of the molecule is CNC(C)c1ccc(NC(=O)N2CCCC(CO)C2)cc1. The first-order valence-corrected chi connectivity index (χ1v) is 7.58. The fourth-order valence-electron chi connectivity index (χ4n) is 2.62. The van der Waals surface area contributed by atoms with Gasteiger partial charge in [-0.3, -0.25) is 0 Å². The lowest BCUT2D eigenvalue weighted by Gasteiger charge is -2.31. The summed E-state index contributed by atoms with van der Waals surface area (Å²) in [6.07, 6.45) is 1.95. The highest BCUT2D eigenvalue weighted by atomic mass is 16.3. The van der Waals surface area contributed by atoms with E-state index in [1.54, 1.807) is 4.90 Å². The zero-order chi connectivity index (χ0) is 15.2. The van der Waals surface area contributed by atoms with Crippen LogP contribution in [0.2, 0.25) is 0 Å². The maximum atomic E-state index is 12.2. The van der Waals surface area contributed by atoms with Gasteiger partial charge in [0.2, 0.25) is 0 Å². The average molecular weight is 291 g/mol. The van der Waals surface area contributed by atoms with Gasteiger partial charge in [0.1, 0.15) is 0 Å². The van der Waals surface area contributed by atoms with Crippen molar-refractivity contribution in [3.63, 3.8) is 0 Å². The zero-order valence-electron chi connectivity index (χ0n) is 12.8. The van der Waals surface area contributed by atoms with Crippen molar-refractivity contribution in [1.82, 2.24) is 10.2 Å². The molecule has 116 valence electrons. The summed E-state index contributed by atoms with van der Waals surface area (Å²) in [5.74, 6) is 0.211. The van der Waals surface area contributed by atoms with E-state index < -0.39 is 0 Å². The minimum Gasteiger partial charge on any atom is -0.396 e. The van der Waals surface area contributed by atoms with E-state index in [4.69, 9.17) is 0 Å². The summed E-state index contributed by atoms with van der Waals surface area (Å²) in [5.41, 5.74) is 1.99. The van der Waals surface area contributed by atoms with Gasteiger partial charge >= 0.3 is 6.03 Å². The molecule has 1 heterocycles. The number of carbonyl (C=O) groups is 1. The summed E-state index contributed by atoms with van der Waals surface area (Å²) < 4.78 is 0. The van der Waals surface area contributed by atoms with Crippen LogP contribution in [0.1, 0.15) is 31.4 Å². The van der Waals surface area contributed by atoms with Crippen LogP contribution in [0.3, 0.4) is 0 Å². The van der Waals surface area contributed by atoms with Gasteiger partial charge in [0.15, 0.2) is 0 Å². The average Bonchev–Trinajstić information content (AvgIpc) is 2.54. The Balaban J connectivity index is 1.93. The second kappa shape index (κ2) is 7.43.